The molecule has 4 rings (SSSR count). The summed E-state index contributed by atoms with van der Waals surface area (Å²) < 4.78 is 26.5. The van der Waals surface area contributed by atoms with Gasteiger partial charge in [0.15, 0.2) is 0 Å². The Bertz CT molecular complexity index is 1130. The monoisotopic (exact) mass is 409 g/mol. The number of imidazole rings is 1. The maximum absolute atomic E-state index is 12.8. The van der Waals surface area contributed by atoms with Crippen LogP contribution in [-0.2, 0) is 13.0 Å². The Balaban J connectivity index is 1.33. The van der Waals surface area contributed by atoms with Crippen LogP contribution in [0.3, 0.4) is 0 Å². The zero-order valence-corrected chi connectivity index (χ0v) is 16.1. The average Bonchev–Trinajstić information content (AvgIpc) is 3.22. The molecule has 9 heteroatoms. The Labute approximate surface area is 172 Å². The summed E-state index contributed by atoms with van der Waals surface area (Å²) in [5.74, 6) is 1.52. The summed E-state index contributed by atoms with van der Waals surface area (Å²) in [5, 5.41) is 8.46. The number of hydrogen-bond acceptors (Lipinski definition) is 6. The first kappa shape index (κ1) is 19.6. The zero-order chi connectivity index (χ0) is 20.9. The number of halogens is 2. The van der Waals surface area contributed by atoms with E-state index in [2.05, 4.69) is 25.6 Å². The molecule has 3 aromatic heterocycles. The Kier molecular flexibility index (Phi) is 5.69. The molecule has 0 aliphatic rings. The molecule has 0 aliphatic carbocycles. The summed E-state index contributed by atoms with van der Waals surface area (Å²) >= 11 is 0. The number of pyridine rings is 2. The van der Waals surface area contributed by atoms with Crippen molar-refractivity contribution in [3.8, 4) is 0 Å². The Morgan fingerprint density at radius 2 is 1.87 bits per heavy atom. The molecule has 0 spiro atoms. The van der Waals surface area contributed by atoms with Crippen LogP contribution in [0.2, 0.25) is 0 Å². The van der Waals surface area contributed by atoms with Gasteiger partial charge in [-0.25, -0.2) is 15.0 Å². The lowest BCUT2D eigenvalue weighted by Gasteiger charge is -2.11. The van der Waals surface area contributed by atoms with Crippen molar-refractivity contribution < 1.29 is 8.78 Å². The van der Waals surface area contributed by atoms with E-state index in [1.54, 1.807) is 12.4 Å². The topological polar surface area (TPSA) is 93.7 Å². The fourth-order valence-electron chi connectivity index (χ4n) is 3.23. The normalized spacial score (nSPS) is 11.2. The van der Waals surface area contributed by atoms with Gasteiger partial charge in [-0.1, -0.05) is 18.2 Å². The third-order valence-electron chi connectivity index (χ3n) is 4.76. The predicted octanol–water partition coefficient (Wildman–Crippen LogP) is 4.07. The summed E-state index contributed by atoms with van der Waals surface area (Å²) in [7, 11) is 0. The molecular formula is C21H21F2N7. The number of fused-ring (bicyclic) bond motifs is 1. The summed E-state index contributed by atoms with van der Waals surface area (Å²) in [6.45, 7) is -1.53. The lowest BCUT2D eigenvalue weighted by Crippen LogP contribution is -2.11. The number of alkyl halides is 2. The first-order chi connectivity index (χ1) is 14.6. The van der Waals surface area contributed by atoms with Crippen LogP contribution in [0, 0.1) is 0 Å². The number of nitrogens with two attached hydrogens (primary N) is 1. The lowest BCUT2D eigenvalue weighted by molar-refractivity contribution is 0.0671. The van der Waals surface area contributed by atoms with Gasteiger partial charge in [-0.3, -0.25) is 4.57 Å². The molecule has 0 saturated carbocycles. The molecule has 30 heavy (non-hydrogen) atoms. The first-order valence-corrected chi connectivity index (χ1v) is 9.47. The second-order valence-electron chi connectivity index (χ2n) is 6.71. The van der Waals surface area contributed by atoms with Gasteiger partial charge < -0.3 is 16.4 Å². The number of anilines is 3. The fourth-order valence-corrected chi connectivity index (χ4v) is 3.23. The van der Waals surface area contributed by atoms with E-state index in [-0.39, 0.29) is 0 Å². The summed E-state index contributed by atoms with van der Waals surface area (Å²) in [6.07, 6.45) is 6.50. The van der Waals surface area contributed by atoms with Crippen molar-refractivity contribution in [1.29, 1.82) is 0 Å². The molecule has 0 radical (unpaired) electrons. The Hall–Kier alpha value is -3.75. The standard InChI is InChI=1S/C21H21F2N7/c22-21(23)30-11-10-26-19(30)7-9-25-18-5-4-14(13-29-18)12-28-17-3-1-2-16-15(17)6-8-27-20(16)24/h1-6,8,10-11,13,21,28H,7,9,12H2,(H2,24,27)(H,25,29). The van der Waals surface area contributed by atoms with E-state index in [0.717, 1.165) is 26.6 Å². The number of nitrogens with zero attached hydrogens (tertiary/aromatic N) is 4. The third-order valence-corrected chi connectivity index (χ3v) is 4.76. The molecule has 0 atom stereocenters. The van der Waals surface area contributed by atoms with E-state index in [1.165, 1.54) is 12.4 Å². The molecule has 0 aliphatic heterocycles. The Morgan fingerprint density at radius 1 is 0.967 bits per heavy atom. The molecule has 3 heterocycles. The number of nitrogen functional groups attached to an aromatic ring is 1. The third kappa shape index (κ3) is 4.29. The summed E-state index contributed by atoms with van der Waals surface area (Å²) in [6, 6.07) is 11.6. The van der Waals surface area contributed by atoms with Crippen molar-refractivity contribution in [2.24, 2.45) is 0 Å². The number of benzene rings is 1. The quantitative estimate of drug-likeness (QED) is 0.406. The van der Waals surface area contributed by atoms with E-state index in [1.807, 2.05) is 36.4 Å². The highest BCUT2D eigenvalue weighted by Crippen LogP contribution is 2.26. The van der Waals surface area contributed by atoms with Crippen LogP contribution >= 0.6 is 0 Å². The van der Waals surface area contributed by atoms with Crippen molar-refractivity contribution in [2.45, 2.75) is 19.5 Å². The van der Waals surface area contributed by atoms with Gasteiger partial charge in [-0.2, -0.15) is 8.78 Å². The molecule has 7 nitrogen and oxygen atoms in total. The second-order valence-corrected chi connectivity index (χ2v) is 6.71. The van der Waals surface area contributed by atoms with Gasteiger partial charge in [0.2, 0.25) is 0 Å². The van der Waals surface area contributed by atoms with E-state index >= 15 is 0 Å². The molecule has 4 aromatic rings. The highest BCUT2D eigenvalue weighted by Gasteiger charge is 2.10. The van der Waals surface area contributed by atoms with Crippen LogP contribution in [0.5, 0.6) is 0 Å². The van der Waals surface area contributed by atoms with E-state index in [9.17, 15) is 8.78 Å². The van der Waals surface area contributed by atoms with Crippen molar-refractivity contribution >= 4 is 28.1 Å². The largest absolute Gasteiger partial charge is 0.383 e. The zero-order valence-electron chi connectivity index (χ0n) is 16.1. The van der Waals surface area contributed by atoms with Gasteiger partial charge in [0.05, 0.1) is 0 Å². The van der Waals surface area contributed by atoms with E-state index in [0.29, 0.717) is 37.0 Å². The molecule has 0 fully saturated rings. The molecule has 154 valence electrons. The van der Waals surface area contributed by atoms with Gasteiger partial charge in [0, 0.05) is 60.8 Å². The van der Waals surface area contributed by atoms with Crippen LogP contribution in [0.1, 0.15) is 17.9 Å². The maximum Gasteiger partial charge on any atom is 0.319 e. The average molecular weight is 409 g/mol. The van der Waals surface area contributed by atoms with Gasteiger partial charge in [-0.05, 0) is 23.8 Å². The van der Waals surface area contributed by atoms with Gasteiger partial charge >= 0.3 is 6.55 Å². The molecule has 0 bridgehead atoms. The minimum absolute atomic E-state index is 0.337. The minimum atomic E-state index is -2.58. The molecule has 0 unspecified atom stereocenters. The smallest absolute Gasteiger partial charge is 0.319 e. The van der Waals surface area contributed by atoms with Crippen molar-refractivity contribution in [1.82, 2.24) is 19.5 Å². The van der Waals surface area contributed by atoms with Gasteiger partial charge in [0.1, 0.15) is 17.5 Å². The Morgan fingerprint density at radius 3 is 2.67 bits per heavy atom. The van der Waals surface area contributed by atoms with Crippen LogP contribution in [-0.4, -0.2) is 26.1 Å². The van der Waals surface area contributed by atoms with Crippen LogP contribution in [0.15, 0.2) is 61.2 Å². The first-order valence-electron chi connectivity index (χ1n) is 9.47. The lowest BCUT2D eigenvalue weighted by atomic mass is 10.1. The van der Waals surface area contributed by atoms with Crippen molar-refractivity contribution in [3.63, 3.8) is 0 Å². The van der Waals surface area contributed by atoms with Crippen LogP contribution in [0.4, 0.5) is 26.1 Å². The molecule has 0 amide bonds. The number of rotatable bonds is 8. The van der Waals surface area contributed by atoms with Crippen molar-refractivity contribution in [2.75, 3.05) is 22.9 Å². The summed E-state index contributed by atoms with van der Waals surface area (Å²) in [5.41, 5.74) is 7.92. The number of hydrogen-bond donors (Lipinski definition) is 3. The maximum atomic E-state index is 12.8. The molecule has 1 aromatic carbocycles. The summed E-state index contributed by atoms with van der Waals surface area (Å²) in [4.78, 5) is 12.5. The predicted molar refractivity (Wildman–Crippen MR) is 113 cm³/mol. The van der Waals surface area contributed by atoms with E-state index in [4.69, 9.17) is 5.73 Å². The second kappa shape index (κ2) is 8.73. The molecule has 0 saturated heterocycles. The van der Waals surface area contributed by atoms with E-state index < -0.39 is 6.55 Å². The van der Waals surface area contributed by atoms with Gasteiger partial charge in [-0.15, -0.1) is 0 Å². The number of aromatic nitrogens is 4. The highest BCUT2D eigenvalue weighted by atomic mass is 19.3. The molecule has 4 N–H and O–H groups in total. The minimum Gasteiger partial charge on any atom is -0.383 e. The van der Waals surface area contributed by atoms with Crippen LogP contribution < -0.4 is 16.4 Å². The fraction of sp³-hybridized carbons (Fsp3) is 0.190. The van der Waals surface area contributed by atoms with Crippen LogP contribution in [0.25, 0.3) is 10.8 Å². The van der Waals surface area contributed by atoms with Gasteiger partial charge in [0.25, 0.3) is 0 Å². The molecular weight excluding hydrogens is 388 g/mol. The number of nitrogens with one attached hydrogen (secondary N) is 2. The SMILES string of the molecule is Nc1nccc2c(NCc3ccc(NCCc4nccn4C(F)F)nc3)cccc12. The van der Waals surface area contributed by atoms with Crippen molar-refractivity contribution in [3.05, 3.63) is 72.6 Å². The highest BCUT2D eigenvalue weighted by molar-refractivity contribution is 5.99.